The van der Waals surface area contributed by atoms with E-state index >= 15 is 0 Å². The lowest BCUT2D eigenvalue weighted by Gasteiger charge is -2.44. The second kappa shape index (κ2) is 17.3. The number of hydrogen-bond acceptors (Lipinski definition) is 10. The number of rotatable bonds is 14. The van der Waals surface area contributed by atoms with Gasteiger partial charge in [0, 0.05) is 30.5 Å². The predicted molar refractivity (Wildman–Crippen MR) is 207 cm³/mol. The summed E-state index contributed by atoms with van der Waals surface area (Å²) in [5.41, 5.74) is 3.09. The van der Waals surface area contributed by atoms with Crippen molar-refractivity contribution in [3.05, 3.63) is 111 Å². The Bertz CT molecular complexity index is 2070. The maximum atomic E-state index is 13.9. The van der Waals surface area contributed by atoms with Crippen LogP contribution >= 0.6 is 23.2 Å². The molecule has 0 saturated carbocycles. The summed E-state index contributed by atoms with van der Waals surface area (Å²) in [6.07, 6.45) is 5.54. The van der Waals surface area contributed by atoms with Gasteiger partial charge < -0.3 is 18.9 Å². The van der Waals surface area contributed by atoms with Crippen LogP contribution < -0.4 is 19.1 Å². The maximum absolute atomic E-state index is 13.9. The number of ether oxygens (including phenoxy) is 4. The fraction of sp³-hybridized carbons (Fsp3) is 0.359. The van der Waals surface area contributed by atoms with Crippen LogP contribution in [0.5, 0.6) is 11.5 Å². The molecule has 0 spiro atoms. The number of halogens is 2. The first-order valence-electron chi connectivity index (χ1n) is 17.4. The molecule has 12 nitrogen and oxygen atoms in total. The van der Waals surface area contributed by atoms with E-state index in [1.54, 1.807) is 68.8 Å². The monoisotopic (exact) mass is 796 g/mol. The second-order valence-corrected chi connectivity index (χ2v) is 16.0. The molecule has 7 rings (SSSR count). The highest BCUT2D eigenvalue weighted by molar-refractivity contribution is 7.92. The van der Waals surface area contributed by atoms with Gasteiger partial charge in [-0.1, -0.05) is 47.5 Å². The molecule has 3 saturated heterocycles. The van der Waals surface area contributed by atoms with Gasteiger partial charge in [-0.2, -0.15) is 0 Å². The molecule has 3 fully saturated rings. The third kappa shape index (κ3) is 9.75. The number of esters is 1. The van der Waals surface area contributed by atoms with Crippen molar-refractivity contribution in [3.8, 4) is 11.5 Å². The van der Waals surface area contributed by atoms with E-state index < -0.39 is 22.1 Å². The molecule has 15 heteroatoms. The van der Waals surface area contributed by atoms with Crippen LogP contribution in [0, 0.1) is 5.92 Å². The third-order valence-electron chi connectivity index (χ3n) is 9.73. The van der Waals surface area contributed by atoms with E-state index in [1.807, 2.05) is 12.1 Å². The largest absolute Gasteiger partial charge is 0.493 e. The Hall–Kier alpha value is -4.56. The zero-order valence-electron chi connectivity index (χ0n) is 30.2. The highest BCUT2D eigenvalue weighted by Gasteiger charge is 2.37. The number of methoxy groups -OCH3 is 2. The van der Waals surface area contributed by atoms with Crippen LogP contribution in [-0.2, 0) is 32.5 Å². The number of amides is 1. The maximum Gasteiger partial charge on any atom is 0.414 e. The molecule has 2 atom stereocenters. The lowest BCUT2D eigenvalue weighted by Crippen LogP contribution is -2.53. The van der Waals surface area contributed by atoms with Gasteiger partial charge in [0.05, 0.1) is 54.9 Å². The molecule has 1 amide bonds. The molecule has 0 radical (unpaired) electrons. The SMILES string of the molecule is COc1ccc([C@@H](COC(=O)c2cccc(CN(C(=O)O[C@H]3CN4CCC3CC4)c3cccc(NS(C)(=O)=O)c3)c2)Cc2c(Cl)cncc2Cl)cc1OC. The summed E-state index contributed by atoms with van der Waals surface area (Å²) >= 11 is 13.0. The molecule has 3 aliphatic heterocycles. The topological polar surface area (TPSA) is 137 Å². The Morgan fingerprint density at radius 3 is 2.35 bits per heavy atom. The first-order chi connectivity index (χ1) is 25.9. The van der Waals surface area contributed by atoms with Crippen LogP contribution in [0.2, 0.25) is 10.0 Å². The van der Waals surface area contributed by atoms with Crippen molar-refractivity contribution in [1.82, 2.24) is 9.88 Å². The Morgan fingerprint density at radius 2 is 1.69 bits per heavy atom. The molecule has 1 N–H and O–H groups in total. The van der Waals surface area contributed by atoms with Crippen molar-refractivity contribution in [2.45, 2.75) is 37.8 Å². The molecule has 286 valence electrons. The van der Waals surface area contributed by atoms with E-state index in [4.69, 9.17) is 42.1 Å². The minimum atomic E-state index is -3.57. The van der Waals surface area contributed by atoms with Gasteiger partial charge >= 0.3 is 12.1 Å². The fourth-order valence-corrected chi connectivity index (χ4v) is 8.02. The number of piperidine rings is 3. The molecular formula is C39H42Cl2N4O8S. The van der Waals surface area contributed by atoms with E-state index in [1.165, 1.54) is 17.3 Å². The summed E-state index contributed by atoms with van der Waals surface area (Å²) in [5.74, 6) is 0.397. The third-order valence-corrected chi connectivity index (χ3v) is 11.0. The molecule has 3 aromatic carbocycles. The van der Waals surface area contributed by atoms with E-state index in [0.717, 1.165) is 37.8 Å². The summed E-state index contributed by atoms with van der Waals surface area (Å²) in [6.45, 7) is 2.67. The first kappa shape index (κ1) is 39.1. The molecule has 2 bridgehead atoms. The molecule has 4 heterocycles. The predicted octanol–water partition coefficient (Wildman–Crippen LogP) is 7.20. The van der Waals surface area contributed by atoms with Gasteiger partial charge in [-0.05, 0) is 97.4 Å². The van der Waals surface area contributed by atoms with Crippen LogP contribution in [0.25, 0.3) is 0 Å². The van der Waals surface area contributed by atoms with Gasteiger partial charge in [-0.15, -0.1) is 0 Å². The Balaban J connectivity index is 1.23. The Morgan fingerprint density at radius 1 is 0.963 bits per heavy atom. The van der Waals surface area contributed by atoms with Crippen molar-refractivity contribution in [1.29, 1.82) is 0 Å². The number of sulfonamides is 1. The van der Waals surface area contributed by atoms with Crippen LogP contribution in [-0.4, -0.2) is 83.2 Å². The summed E-state index contributed by atoms with van der Waals surface area (Å²) in [7, 11) is -0.476. The van der Waals surface area contributed by atoms with Crippen LogP contribution in [0.1, 0.15) is 45.8 Å². The number of anilines is 2. The van der Waals surface area contributed by atoms with E-state index in [9.17, 15) is 18.0 Å². The number of hydrogen-bond donors (Lipinski definition) is 1. The van der Waals surface area contributed by atoms with Crippen molar-refractivity contribution >= 4 is 56.7 Å². The zero-order valence-corrected chi connectivity index (χ0v) is 32.5. The van der Waals surface area contributed by atoms with Crippen molar-refractivity contribution in [2.75, 3.05) is 56.3 Å². The standard InChI is InChI=1S/C39H42Cl2N4O8S/c1-50-35-11-10-27(18-36(35)51-2)29(17-32-33(40)20-42-21-34(32)41)24-52-38(46)28-7-4-6-25(16-28)22-45(31-9-5-8-30(19-31)43-54(3,48)49)39(47)53-37-23-44-14-12-26(37)13-15-44/h4-11,16,18-21,26,29,37,43H,12-15,17,22-24H2,1-3H3/t29-,37+/m1/s1. The number of pyridine rings is 1. The Kier molecular flexibility index (Phi) is 12.5. The highest BCUT2D eigenvalue weighted by atomic mass is 35.5. The summed E-state index contributed by atoms with van der Waals surface area (Å²) < 4.78 is 49.5. The quantitative estimate of drug-likeness (QED) is 0.131. The number of nitrogens with zero attached hydrogens (tertiary/aromatic N) is 3. The lowest BCUT2D eigenvalue weighted by atomic mass is 9.86. The van der Waals surface area contributed by atoms with Gasteiger partial charge in [0.15, 0.2) is 11.5 Å². The summed E-state index contributed by atoms with van der Waals surface area (Å²) in [4.78, 5) is 35.4. The number of nitrogens with one attached hydrogen (secondary N) is 1. The minimum Gasteiger partial charge on any atom is -0.493 e. The number of benzene rings is 3. The van der Waals surface area contributed by atoms with Gasteiger partial charge in [-0.25, -0.2) is 18.0 Å². The fourth-order valence-electron chi connectivity index (χ4n) is 6.95. The van der Waals surface area contributed by atoms with Gasteiger partial charge in [-0.3, -0.25) is 19.5 Å². The van der Waals surface area contributed by atoms with Crippen molar-refractivity contribution in [3.63, 3.8) is 0 Å². The van der Waals surface area contributed by atoms with E-state index in [2.05, 4.69) is 14.6 Å². The number of aromatic nitrogens is 1. The average molecular weight is 798 g/mol. The van der Waals surface area contributed by atoms with E-state index in [-0.39, 0.29) is 36.7 Å². The smallest absolute Gasteiger partial charge is 0.414 e. The first-order valence-corrected chi connectivity index (χ1v) is 20.1. The molecule has 0 unspecified atom stereocenters. The van der Waals surface area contributed by atoms with Crippen molar-refractivity contribution in [2.24, 2.45) is 5.92 Å². The molecule has 4 aromatic rings. The average Bonchev–Trinajstić information content (AvgIpc) is 3.16. The van der Waals surface area contributed by atoms with Gasteiger partial charge in [0.1, 0.15) is 6.10 Å². The van der Waals surface area contributed by atoms with Crippen LogP contribution in [0.4, 0.5) is 16.2 Å². The van der Waals surface area contributed by atoms with Crippen molar-refractivity contribution < 1.29 is 37.0 Å². The lowest BCUT2D eigenvalue weighted by molar-refractivity contribution is -0.0311. The molecule has 0 aliphatic carbocycles. The molecule has 54 heavy (non-hydrogen) atoms. The number of carbonyl (C=O) groups excluding carboxylic acids is 2. The van der Waals surface area contributed by atoms with E-state index in [0.29, 0.717) is 57.0 Å². The molecule has 1 aromatic heterocycles. The van der Waals surface area contributed by atoms with Crippen LogP contribution in [0.3, 0.4) is 0 Å². The minimum absolute atomic E-state index is 0.0221. The number of carbonyl (C=O) groups is 2. The van der Waals surface area contributed by atoms with Gasteiger partial charge in [0.2, 0.25) is 10.0 Å². The summed E-state index contributed by atoms with van der Waals surface area (Å²) in [6, 6.07) is 18.8. The summed E-state index contributed by atoms with van der Waals surface area (Å²) in [5, 5.41) is 0.780. The van der Waals surface area contributed by atoms with Gasteiger partial charge in [0.25, 0.3) is 0 Å². The highest BCUT2D eigenvalue weighted by Crippen LogP contribution is 2.35. The number of fused-ring (bicyclic) bond motifs is 3. The molecular weight excluding hydrogens is 755 g/mol. The molecule has 3 aliphatic rings. The normalized spacial score (nSPS) is 18.4. The van der Waals surface area contributed by atoms with Crippen LogP contribution in [0.15, 0.2) is 79.1 Å². The Labute approximate surface area is 325 Å². The zero-order chi connectivity index (χ0) is 38.4. The second-order valence-electron chi connectivity index (χ2n) is 13.5.